The molecule has 0 radical (unpaired) electrons. The van der Waals surface area contributed by atoms with Gasteiger partial charge in [0.2, 0.25) is 0 Å². The molecule has 0 aromatic carbocycles. The highest BCUT2D eigenvalue weighted by molar-refractivity contribution is 7.11. The van der Waals surface area contributed by atoms with E-state index in [0.717, 1.165) is 9.88 Å². The number of rotatable bonds is 3. The van der Waals surface area contributed by atoms with Crippen LogP contribution in [0.25, 0.3) is 0 Å². The number of carbonyl (C=O) groups excluding carboxylic acids is 1. The zero-order valence-corrected chi connectivity index (χ0v) is 10.5. The Balaban J connectivity index is 2.65. The predicted molar refractivity (Wildman–Crippen MR) is 61.2 cm³/mol. The summed E-state index contributed by atoms with van der Waals surface area (Å²) in [6.45, 7) is 8.58. The van der Waals surface area contributed by atoms with Crippen LogP contribution in [-0.4, -0.2) is 17.6 Å². The van der Waals surface area contributed by atoms with E-state index in [4.69, 9.17) is 4.74 Å². The van der Waals surface area contributed by atoms with Crippen molar-refractivity contribution in [2.24, 2.45) is 0 Å². The van der Waals surface area contributed by atoms with Crippen molar-refractivity contribution in [2.75, 3.05) is 6.61 Å². The largest absolute Gasteiger partial charge is 0.466 e. The van der Waals surface area contributed by atoms with Gasteiger partial charge in [-0.15, -0.1) is 11.3 Å². The van der Waals surface area contributed by atoms with Crippen LogP contribution in [0.1, 0.15) is 37.6 Å². The lowest BCUT2D eigenvalue weighted by Gasteiger charge is -2.13. The molecule has 0 saturated carbocycles. The SMILES string of the molecule is CCOC(=O)Cc1cnc(C(C)(C)C)s1. The van der Waals surface area contributed by atoms with Gasteiger partial charge in [0, 0.05) is 16.5 Å². The van der Waals surface area contributed by atoms with Gasteiger partial charge in [-0.1, -0.05) is 20.8 Å². The average molecular weight is 227 g/mol. The quantitative estimate of drug-likeness (QED) is 0.745. The lowest BCUT2D eigenvalue weighted by molar-refractivity contribution is -0.142. The average Bonchev–Trinajstić information content (AvgIpc) is 2.52. The van der Waals surface area contributed by atoms with Crippen LogP contribution in [0, 0.1) is 0 Å². The Morgan fingerprint density at radius 3 is 2.67 bits per heavy atom. The van der Waals surface area contributed by atoms with E-state index >= 15 is 0 Å². The molecule has 0 aliphatic carbocycles. The molecule has 0 unspecified atom stereocenters. The molecule has 1 heterocycles. The van der Waals surface area contributed by atoms with Crippen molar-refractivity contribution in [3.8, 4) is 0 Å². The lowest BCUT2D eigenvalue weighted by atomic mass is 9.98. The molecule has 0 N–H and O–H groups in total. The second-order valence-corrected chi connectivity index (χ2v) is 5.48. The topological polar surface area (TPSA) is 39.2 Å². The summed E-state index contributed by atoms with van der Waals surface area (Å²) >= 11 is 1.58. The first-order valence-corrected chi connectivity index (χ1v) is 5.86. The molecule has 1 aromatic rings. The molecule has 0 aliphatic heterocycles. The monoisotopic (exact) mass is 227 g/mol. The fourth-order valence-corrected chi connectivity index (χ4v) is 2.05. The van der Waals surface area contributed by atoms with Gasteiger partial charge in [-0.2, -0.15) is 0 Å². The van der Waals surface area contributed by atoms with Crippen LogP contribution in [0.4, 0.5) is 0 Å². The van der Waals surface area contributed by atoms with Crippen LogP contribution in [0.2, 0.25) is 0 Å². The van der Waals surface area contributed by atoms with E-state index in [2.05, 4.69) is 25.8 Å². The minimum absolute atomic E-state index is 0.0532. The number of thiazole rings is 1. The van der Waals surface area contributed by atoms with Crippen molar-refractivity contribution in [1.29, 1.82) is 0 Å². The van der Waals surface area contributed by atoms with Gasteiger partial charge in [0.25, 0.3) is 0 Å². The summed E-state index contributed by atoms with van der Waals surface area (Å²) in [5.74, 6) is -0.179. The number of ether oxygens (including phenoxy) is 1. The first-order valence-electron chi connectivity index (χ1n) is 5.04. The molecule has 0 amide bonds. The zero-order valence-electron chi connectivity index (χ0n) is 9.66. The summed E-state index contributed by atoms with van der Waals surface area (Å²) in [5.41, 5.74) is 0.0532. The van der Waals surface area contributed by atoms with Crippen molar-refractivity contribution >= 4 is 17.3 Å². The molecular weight excluding hydrogens is 210 g/mol. The fourth-order valence-electron chi connectivity index (χ4n) is 1.09. The van der Waals surface area contributed by atoms with Gasteiger partial charge in [0.1, 0.15) is 0 Å². The number of aromatic nitrogens is 1. The van der Waals surface area contributed by atoms with Gasteiger partial charge in [-0.05, 0) is 6.92 Å². The Hall–Kier alpha value is -0.900. The number of esters is 1. The van der Waals surface area contributed by atoms with E-state index in [1.165, 1.54) is 0 Å². The Labute approximate surface area is 94.5 Å². The molecule has 1 aromatic heterocycles. The van der Waals surface area contributed by atoms with Crippen LogP contribution >= 0.6 is 11.3 Å². The minimum atomic E-state index is -0.179. The van der Waals surface area contributed by atoms with Gasteiger partial charge < -0.3 is 4.74 Å². The summed E-state index contributed by atoms with van der Waals surface area (Å²) in [7, 11) is 0. The second kappa shape index (κ2) is 4.75. The van der Waals surface area contributed by atoms with Crippen LogP contribution in [0.5, 0.6) is 0 Å². The molecule has 84 valence electrons. The zero-order chi connectivity index (χ0) is 11.5. The third-order valence-corrected chi connectivity index (χ3v) is 3.24. The highest BCUT2D eigenvalue weighted by Gasteiger charge is 2.18. The van der Waals surface area contributed by atoms with Crippen LogP contribution in [0.3, 0.4) is 0 Å². The number of hydrogen-bond acceptors (Lipinski definition) is 4. The highest BCUT2D eigenvalue weighted by atomic mass is 32.1. The molecule has 0 spiro atoms. The Morgan fingerprint density at radius 1 is 1.53 bits per heavy atom. The Morgan fingerprint density at radius 2 is 2.20 bits per heavy atom. The molecule has 0 atom stereocenters. The van der Waals surface area contributed by atoms with Gasteiger partial charge in [0.15, 0.2) is 0 Å². The molecule has 0 aliphatic rings. The van der Waals surface area contributed by atoms with Crippen LogP contribution in [0.15, 0.2) is 6.20 Å². The third kappa shape index (κ3) is 3.63. The summed E-state index contributed by atoms with van der Waals surface area (Å²) in [6.07, 6.45) is 2.10. The first kappa shape index (κ1) is 12.2. The van der Waals surface area contributed by atoms with Crippen molar-refractivity contribution in [1.82, 2.24) is 4.98 Å². The molecule has 3 nitrogen and oxygen atoms in total. The van der Waals surface area contributed by atoms with E-state index in [9.17, 15) is 4.79 Å². The van der Waals surface area contributed by atoms with Crippen molar-refractivity contribution in [3.05, 3.63) is 16.1 Å². The molecule has 0 bridgehead atoms. The second-order valence-electron chi connectivity index (χ2n) is 4.36. The number of nitrogens with zero attached hydrogens (tertiary/aromatic N) is 1. The normalized spacial score (nSPS) is 11.5. The van der Waals surface area contributed by atoms with E-state index in [1.54, 1.807) is 17.5 Å². The third-order valence-electron chi connectivity index (χ3n) is 1.82. The van der Waals surface area contributed by atoms with Gasteiger partial charge in [-0.3, -0.25) is 4.79 Å². The Kier molecular flexibility index (Phi) is 3.85. The standard InChI is InChI=1S/C11H17NO2S/c1-5-14-9(13)6-8-7-12-10(15-8)11(2,3)4/h7H,5-6H2,1-4H3. The summed E-state index contributed by atoms with van der Waals surface area (Å²) in [5, 5.41) is 1.06. The molecule has 0 saturated heterocycles. The van der Waals surface area contributed by atoms with Crippen molar-refractivity contribution in [3.63, 3.8) is 0 Å². The van der Waals surface area contributed by atoms with Gasteiger partial charge in [0.05, 0.1) is 18.0 Å². The van der Waals surface area contributed by atoms with Crippen molar-refractivity contribution < 1.29 is 9.53 Å². The molecular formula is C11H17NO2S. The predicted octanol–water partition coefficient (Wildman–Crippen LogP) is 2.55. The van der Waals surface area contributed by atoms with E-state index < -0.39 is 0 Å². The first-order chi connectivity index (χ1) is 6.93. The summed E-state index contributed by atoms with van der Waals surface area (Å²) in [6, 6.07) is 0. The summed E-state index contributed by atoms with van der Waals surface area (Å²) < 4.78 is 4.88. The smallest absolute Gasteiger partial charge is 0.311 e. The summed E-state index contributed by atoms with van der Waals surface area (Å²) in [4.78, 5) is 16.5. The van der Waals surface area contributed by atoms with Crippen molar-refractivity contribution in [2.45, 2.75) is 39.5 Å². The number of carbonyl (C=O) groups is 1. The fraction of sp³-hybridized carbons (Fsp3) is 0.636. The molecule has 15 heavy (non-hydrogen) atoms. The Bertz CT molecular complexity index is 339. The highest BCUT2D eigenvalue weighted by Crippen LogP contribution is 2.26. The number of hydrogen-bond donors (Lipinski definition) is 0. The maximum Gasteiger partial charge on any atom is 0.311 e. The minimum Gasteiger partial charge on any atom is -0.466 e. The van der Waals surface area contributed by atoms with Crippen LogP contribution < -0.4 is 0 Å². The van der Waals surface area contributed by atoms with E-state index in [0.29, 0.717) is 13.0 Å². The van der Waals surface area contributed by atoms with Crippen LogP contribution in [-0.2, 0) is 21.4 Å². The molecule has 0 fully saturated rings. The van der Waals surface area contributed by atoms with Gasteiger partial charge >= 0.3 is 5.97 Å². The van der Waals surface area contributed by atoms with E-state index in [-0.39, 0.29) is 11.4 Å². The maximum absolute atomic E-state index is 11.2. The molecule has 4 heteroatoms. The maximum atomic E-state index is 11.2. The molecule has 1 rings (SSSR count). The van der Waals surface area contributed by atoms with Gasteiger partial charge in [-0.25, -0.2) is 4.98 Å². The lowest BCUT2D eigenvalue weighted by Crippen LogP contribution is -2.09. The van der Waals surface area contributed by atoms with E-state index in [1.807, 2.05) is 6.92 Å².